The molecule has 0 aliphatic carbocycles. The van der Waals surface area contributed by atoms with Crippen LogP contribution in [-0.2, 0) is 9.59 Å². The molecular weight excluding hydrogens is 446 g/mol. The van der Waals surface area contributed by atoms with Crippen LogP contribution in [-0.4, -0.2) is 74.0 Å². The molecular formula is C18H36Cl4N4O2. The summed E-state index contributed by atoms with van der Waals surface area (Å²) in [6.07, 6.45) is 6.93. The molecule has 0 aromatic carbocycles. The number of likely N-dealkylation sites (N-methyl/N-ethyl adjacent to an activating group) is 2. The van der Waals surface area contributed by atoms with Gasteiger partial charge in [0.25, 0.3) is 0 Å². The van der Waals surface area contributed by atoms with Crippen LogP contribution in [0.1, 0.15) is 38.5 Å². The average Bonchev–Trinajstić information content (AvgIpc) is 2.86. The summed E-state index contributed by atoms with van der Waals surface area (Å²) in [5.74, 6) is 1.20. The molecule has 4 aliphatic heterocycles. The minimum atomic E-state index is 0. The number of hydrogen-bond donors (Lipinski definition) is 2. The quantitative estimate of drug-likeness (QED) is 0.556. The number of nitrogens with zero attached hydrogens (tertiary/aromatic N) is 2. The molecule has 4 atom stereocenters. The fourth-order valence-corrected chi connectivity index (χ4v) is 4.47. The summed E-state index contributed by atoms with van der Waals surface area (Å²) in [5.41, 5.74) is 0. The Kier molecular flexibility index (Phi) is 15.2. The van der Waals surface area contributed by atoms with Crippen molar-refractivity contribution in [1.29, 1.82) is 0 Å². The first-order valence-electron chi connectivity index (χ1n) is 9.52. The molecule has 0 unspecified atom stereocenters. The summed E-state index contributed by atoms with van der Waals surface area (Å²) in [7, 11) is 3.89. The van der Waals surface area contributed by atoms with Crippen molar-refractivity contribution in [2.24, 2.45) is 11.8 Å². The SMILES string of the molecule is CN1C(=O)[C@@H]2CCC[C@H]1CNC2.CN1C(=O)[C@H]2CCC[C@@H]1CNC2.Cl.Cl.Cl.Cl. The van der Waals surface area contributed by atoms with Crippen LogP contribution in [0.4, 0.5) is 0 Å². The van der Waals surface area contributed by atoms with E-state index in [0.29, 0.717) is 23.9 Å². The van der Waals surface area contributed by atoms with Crippen LogP contribution in [0.5, 0.6) is 0 Å². The minimum absolute atomic E-state index is 0. The highest BCUT2D eigenvalue weighted by atomic mass is 35.5. The van der Waals surface area contributed by atoms with Gasteiger partial charge in [-0.05, 0) is 25.7 Å². The lowest BCUT2D eigenvalue weighted by Gasteiger charge is -2.24. The first-order valence-corrected chi connectivity index (χ1v) is 9.52. The Morgan fingerprint density at radius 2 is 1.00 bits per heavy atom. The molecule has 4 fully saturated rings. The second kappa shape index (κ2) is 14.1. The molecule has 4 saturated heterocycles. The van der Waals surface area contributed by atoms with E-state index in [9.17, 15) is 9.59 Å². The van der Waals surface area contributed by atoms with Crippen LogP contribution in [0.3, 0.4) is 0 Å². The molecule has 0 saturated carbocycles. The van der Waals surface area contributed by atoms with E-state index in [1.54, 1.807) is 0 Å². The van der Waals surface area contributed by atoms with Crippen molar-refractivity contribution >= 4 is 61.4 Å². The monoisotopic (exact) mass is 480 g/mol. The van der Waals surface area contributed by atoms with Gasteiger partial charge in [-0.25, -0.2) is 0 Å². The molecule has 4 aliphatic rings. The maximum absolute atomic E-state index is 11.7. The van der Waals surface area contributed by atoms with E-state index >= 15 is 0 Å². The summed E-state index contributed by atoms with van der Waals surface area (Å²) in [5, 5.41) is 6.70. The van der Waals surface area contributed by atoms with E-state index in [1.807, 2.05) is 23.9 Å². The van der Waals surface area contributed by atoms with Crippen molar-refractivity contribution in [2.45, 2.75) is 50.6 Å². The maximum atomic E-state index is 11.7. The highest BCUT2D eigenvalue weighted by molar-refractivity contribution is 5.86. The topological polar surface area (TPSA) is 64.7 Å². The summed E-state index contributed by atoms with van der Waals surface area (Å²) >= 11 is 0. The zero-order valence-corrected chi connectivity index (χ0v) is 20.0. The minimum Gasteiger partial charge on any atom is -0.341 e. The van der Waals surface area contributed by atoms with Crippen LogP contribution in [0, 0.1) is 11.8 Å². The van der Waals surface area contributed by atoms with Crippen molar-refractivity contribution in [1.82, 2.24) is 20.4 Å². The Labute approximate surface area is 193 Å². The maximum Gasteiger partial charge on any atom is 0.226 e. The highest BCUT2D eigenvalue weighted by Gasteiger charge is 2.33. The number of fused-ring (bicyclic) bond motifs is 6. The Hall–Kier alpha value is 0.0200. The summed E-state index contributed by atoms with van der Waals surface area (Å²) in [6, 6.07) is 0.898. The molecule has 6 nitrogen and oxygen atoms in total. The first kappa shape index (κ1) is 30.2. The molecule has 4 rings (SSSR count). The van der Waals surface area contributed by atoms with Gasteiger partial charge in [0.2, 0.25) is 11.8 Å². The largest absolute Gasteiger partial charge is 0.341 e. The van der Waals surface area contributed by atoms with E-state index in [2.05, 4.69) is 10.6 Å². The van der Waals surface area contributed by atoms with Crippen molar-refractivity contribution in [3.8, 4) is 0 Å². The van der Waals surface area contributed by atoms with Gasteiger partial charge in [0.05, 0.1) is 11.8 Å². The molecule has 2 N–H and O–H groups in total. The molecule has 2 amide bonds. The van der Waals surface area contributed by atoms with Crippen LogP contribution in [0.15, 0.2) is 0 Å². The summed E-state index contributed by atoms with van der Waals surface area (Å²) < 4.78 is 0. The van der Waals surface area contributed by atoms with Gasteiger partial charge in [0, 0.05) is 52.4 Å². The van der Waals surface area contributed by atoms with Crippen molar-refractivity contribution in [2.75, 3.05) is 40.3 Å². The number of carbonyl (C=O) groups excluding carboxylic acids is 2. The number of hydrogen-bond acceptors (Lipinski definition) is 4. The normalized spacial score (nSPS) is 31.2. The molecule has 10 heteroatoms. The number of halogens is 4. The second-order valence-corrected chi connectivity index (χ2v) is 7.78. The van der Waals surface area contributed by atoms with Crippen molar-refractivity contribution in [3.05, 3.63) is 0 Å². The van der Waals surface area contributed by atoms with Crippen molar-refractivity contribution < 1.29 is 9.59 Å². The van der Waals surface area contributed by atoms with Gasteiger partial charge in [-0.15, -0.1) is 49.6 Å². The fraction of sp³-hybridized carbons (Fsp3) is 0.889. The lowest BCUT2D eigenvalue weighted by Crippen LogP contribution is -2.39. The Balaban J connectivity index is 0. The molecule has 4 bridgehead atoms. The second-order valence-electron chi connectivity index (χ2n) is 7.78. The smallest absolute Gasteiger partial charge is 0.226 e. The average molecular weight is 482 g/mol. The predicted octanol–water partition coefficient (Wildman–Crippen LogP) is 2.12. The fourth-order valence-electron chi connectivity index (χ4n) is 4.47. The van der Waals surface area contributed by atoms with E-state index in [0.717, 1.165) is 39.0 Å². The van der Waals surface area contributed by atoms with E-state index in [-0.39, 0.29) is 61.5 Å². The van der Waals surface area contributed by atoms with Crippen LogP contribution in [0.2, 0.25) is 0 Å². The molecule has 4 heterocycles. The zero-order chi connectivity index (χ0) is 17.1. The Bertz CT molecular complexity index is 417. The van der Waals surface area contributed by atoms with Crippen molar-refractivity contribution in [3.63, 3.8) is 0 Å². The number of rotatable bonds is 0. The van der Waals surface area contributed by atoms with Crippen LogP contribution >= 0.6 is 49.6 Å². The lowest BCUT2D eigenvalue weighted by molar-refractivity contribution is -0.134. The van der Waals surface area contributed by atoms with Gasteiger partial charge < -0.3 is 20.4 Å². The van der Waals surface area contributed by atoms with Gasteiger partial charge in [-0.2, -0.15) is 0 Å². The van der Waals surface area contributed by atoms with E-state index < -0.39 is 0 Å². The predicted molar refractivity (Wildman–Crippen MR) is 123 cm³/mol. The highest BCUT2D eigenvalue weighted by Crippen LogP contribution is 2.23. The third-order valence-corrected chi connectivity index (χ3v) is 6.21. The third-order valence-electron chi connectivity index (χ3n) is 6.21. The molecule has 168 valence electrons. The van der Waals surface area contributed by atoms with Crippen LogP contribution in [0.25, 0.3) is 0 Å². The summed E-state index contributed by atoms with van der Waals surface area (Å²) in [4.78, 5) is 27.3. The van der Waals surface area contributed by atoms with Gasteiger partial charge in [0.15, 0.2) is 0 Å². The van der Waals surface area contributed by atoms with Gasteiger partial charge in [-0.3, -0.25) is 9.59 Å². The Morgan fingerprint density at radius 3 is 1.36 bits per heavy atom. The zero-order valence-electron chi connectivity index (χ0n) is 16.7. The standard InChI is InChI=1S/2C9H16N2O.4ClH/c2*1-11-8-4-2-3-7(9(11)12)5-10-6-8;;;;/h2*7-8,10H,2-6H2,1H3;4*1H/t2*7-,8+;;;;/m10..../s1. The first-order chi connectivity index (χ1) is 11.6. The van der Waals surface area contributed by atoms with E-state index in [4.69, 9.17) is 0 Å². The third kappa shape index (κ3) is 7.06. The number of amides is 2. The molecule has 0 radical (unpaired) electrons. The van der Waals surface area contributed by atoms with Gasteiger partial charge >= 0.3 is 0 Å². The van der Waals surface area contributed by atoms with Gasteiger partial charge in [-0.1, -0.05) is 12.8 Å². The number of nitrogens with one attached hydrogen (secondary N) is 2. The molecule has 0 spiro atoms. The van der Waals surface area contributed by atoms with E-state index in [1.165, 1.54) is 25.7 Å². The van der Waals surface area contributed by atoms with Crippen LogP contribution < -0.4 is 10.6 Å². The van der Waals surface area contributed by atoms with Gasteiger partial charge in [0.1, 0.15) is 0 Å². The molecule has 0 aromatic rings. The summed E-state index contributed by atoms with van der Waals surface area (Å²) in [6.45, 7) is 3.75. The number of carbonyl (C=O) groups is 2. The Morgan fingerprint density at radius 1 is 0.643 bits per heavy atom. The molecule has 0 aromatic heterocycles. The molecule has 28 heavy (non-hydrogen) atoms. The lowest BCUT2D eigenvalue weighted by atomic mass is 10.0.